The summed E-state index contributed by atoms with van der Waals surface area (Å²) in [5, 5.41) is 8.87. The first-order chi connectivity index (χ1) is 16.4. The summed E-state index contributed by atoms with van der Waals surface area (Å²) in [6.45, 7) is 0.287. The van der Waals surface area contributed by atoms with Gasteiger partial charge < -0.3 is 4.74 Å². The summed E-state index contributed by atoms with van der Waals surface area (Å²) in [5.41, 5.74) is 2.66. The summed E-state index contributed by atoms with van der Waals surface area (Å²) in [6.07, 6.45) is 1.64. The van der Waals surface area contributed by atoms with E-state index in [2.05, 4.69) is 37.9 Å². The van der Waals surface area contributed by atoms with E-state index in [0.717, 1.165) is 22.2 Å². The highest BCUT2D eigenvalue weighted by Gasteiger charge is 2.35. The van der Waals surface area contributed by atoms with Gasteiger partial charge >= 0.3 is 0 Å². The Morgan fingerprint density at radius 2 is 1.74 bits per heavy atom. The number of benzene rings is 3. The lowest BCUT2D eigenvalue weighted by atomic mass is 10.1. The molecular formula is C25H15Br2FN2O3S. The van der Waals surface area contributed by atoms with Gasteiger partial charge in [-0.05, 0) is 91.2 Å². The fourth-order valence-corrected chi connectivity index (χ4v) is 5.56. The Morgan fingerprint density at radius 1 is 1.06 bits per heavy atom. The van der Waals surface area contributed by atoms with Gasteiger partial charge in [0.1, 0.15) is 18.2 Å². The van der Waals surface area contributed by atoms with Crippen molar-refractivity contribution in [1.82, 2.24) is 4.90 Å². The number of halogens is 3. The van der Waals surface area contributed by atoms with Gasteiger partial charge in [0.2, 0.25) is 0 Å². The fraction of sp³-hybridized carbons (Fsp3) is 0.0800. The maximum Gasteiger partial charge on any atom is 0.293 e. The molecule has 3 aromatic rings. The molecule has 0 N–H and O–H groups in total. The molecule has 1 aliphatic rings. The van der Waals surface area contributed by atoms with E-state index in [-0.39, 0.29) is 24.2 Å². The van der Waals surface area contributed by atoms with Crippen LogP contribution in [0.15, 0.2) is 74.5 Å². The first kappa shape index (κ1) is 24.2. The zero-order valence-corrected chi connectivity index (χ0v) is 21.4. The van der Waals surface area contributed by atoms with Gasteiger partial charge in [0, 0.05) is 5.56 Å². The zero-order valence-electron chi connectivity index (χ0n) is 17.4. The number of nitrogens with zero attached hydrogens (tertiary/aromatic N) is 2. The zero-order chi connectivity index (χ0) is 24.2. The lowest BCUT2D eigenvalue weighted by molar-refractivity contribution is -0.123. The number of imide groups is 1. The molecule has 0 radical (unpaired) electrons. The van der Waals surface area contributed by atoms with Crippen molar-refractivity contribution in [1.29, 1.82) is 5.26 Å². The van der Waals surface area contributed by atoms with Gasteiger partial charge in [0.15, 0.2) is 0 Å². The number of carbonyl (C=O) groups is 2. The van der Waals surface area contributed by atoms with Crippen molar-refractivity contribution in [3.05, 3.63) is 103 Å². The van der Waals surface area contributed by atoms with Gasteiger partial charge in [0.05, 0.1) is 32.0 Å². The normalized spacial score (nSPS) is 14.5. The third-order valence-corrected chi connectivity index (χ3v) is 7.04. The quantitative estimate of drug-likeness (QED) is 0.283. The van der Waals surface area contributed by atoms with Crippen LogP contribution in [0.3, 0.4) is 0 Å². The van der Waals surface area contributed by atoms with Crippen LogP contribution in [0.2, 0.25) is 0 Å². The number of thioether (sulfide) groups is 1. The van der Waals surface area contributed by atoms with E-state index >= 15 is 0 Å². The molecule has 34 heavy (non-hydrogen) atoms. The van der Waals surface area contributed by atoms with E-state index in [1.807, 2.05) is 12.1 Å². The van der Waals surface area contributed by atoms with E-state index in [4.69, 9.17) is 4.74 Å². The molecule has 1 saturated heterocycles. The van der Waals surface area contributed by atoms with Crippen molar-refractivity contribution in [3.63, 3.8) is 0 Å². The summed E-state index contributed by atoms with van der Waals surface area (Å²) >= 11 is 7.85. The standard InChI is InChI=1S/C25H15Br2FN2O3S/c26-20-9-16(10-21(27)23(20)33-14-18-4-2-1-3-17(18)12-29)11-22-24(31)30(25(32)34-22)13-15-5-7-19(28)8-6-15/h1-11H,13-14H2. The van der Waals surface area contributed by atoms with Gasteiger partial charge in [0.25, 0.3) is 11.1 Å². The molecule has 170 valence electrons. The van der Waals surface area contributed by atoms with Gasteiger partial charge in [-0.2, -0.15) is 5.26 Å². The Morgan fingerprint density at radius 3 is 2.41 bits per heavy atom. The molecule has 0 aromatic heterocycles. The molecular weight excluding hydrogens is 587 g/mol. The van der Waals surface area contributed by atoms with Crippen molar-refractivity contribution >= 4 is 60.8 Å². The molecule has 0 aliphatic carbocycles. The van der Waals surface area contributed by atoms with Gasteiger partial charge in [-0.25, -0.2) is 4.39 Å². The fourth-order valence-electron chi connectivity index (χ4n) is 3.27. The minimum absolute atomic E-state index is 0.0760. The summed E-state index contributed by atoms with van der Waals surface area (Å²) in [7, 11) is 0. The van der Waals surface area contributed by atoms with Crippen molar-refractivity contribution < 1.29 is 18.7 Å². The molecule has 1 aliphatic heterocycles. The molecule has 4 rings (SSSR count). The Hall–Kier alpha value is -2.93. The molecule has 0 bridgehead atoms. The summed E-state index contributed by atoms with van der Waals surface area (Å²) in [5.74, 6) is -0.232. The van der Waals surface area contributed by atoms with Crippen molar-refractivity contribution in [3.8, 4) is 11.8 Å². The van der Waals surface area contributed by atoms with E-state index in [1.165, 1.54) is 12.1 Å². The number of nitriles is 1. The summed E-state index contributed by atoms with van der Waals surface area (Å²) in [4.78, 5) is 26.7. The second kappa shape index (κ2) is 10.6. The predicted octanol–water partition coefficient (Wildman–Crippen LogP) is 7.04. The Balaban J connectivity index is 1.51. The lowest BCUT2D eigenvalue weighted by Crippen LogP contribution is -2.27. The van der Waals surface area contributed by atoms with Crippen LogP contribution >= 0.6 is 43.6 Å². The molecule has 0 saturated carbocycles. The summed E-state index contributed by atoms with van der Waals surface area (Å²) < 4.78 is 20.3. The topological polar surface area (TPSA) is 70.4 Å². The third kappa shape index (κ3) is 5.41. The van der Waals surface area contributed by atoms with Crippen LogP contribution in [0.5, 0.6) is 5.75 Å². The molecule has 0 spiro atoms. The molecule has 9 heteroatoms. The highest BCUT2D eigenvalue weighted by molar-refractivity contribution is 9.11. The average Bonchev–Trinajstić information content (AvgIpc) is 3.07. The summed E-state index contributed by atoms with van der Waals surface area (Å²) in [6, 6.07) is 18.6. The lowest BCUT2D eigenvalue weighted by Gasteiger charge is -2.13. The van der Waals surface area contributed by atoms with E-state index in [9.17, 15) is 19.2 Å². The van der Waals surface area contributed by atoms with Crippen LogP contribution in [0, 0.1) is 17.1 Å². The largest absolute Gasteiger partial charge is 0.486 e. The average molecular weight is 602 g/mol. The van der Waals surface area contributed by atoms with Crippen LogP contribution in [0.25, 0.3) is 6.08 Å². The number of hydrogen-bond donors (Lipinski definition) is 0. The second-order valence-electron chi connectivity index (χ2n) is 7.27. The minimum atomic E-state index is -0.403. The highest BCUT2D eigenvalue weighted by atomic mass is 79.9. The SMILES string of the molecule is N#Cc1ccccc1COc1c(Br)cc(C=C2SC(=O)N(Cc3ccc(F)cc3)C2=O)cc1Br. The van der Waals surface area contributed by atoms with Crippen LogP contribution in [-0.4, -0.2) is 16.0 Å². The number of amides is 2. The Kier molecular flexibility index (Phi) is 7.51. The monoisotopic (exact) mass is 600 g/mol. The molecule has 5 nitrogen and oxygen atoms in total. The number of rotatable bonds is 6. The maximum absolute atomic E-state index is 13.1. The molecule has 0 unspecified atom stereocenters. The van der Waals surface area contributed by atoms with Crippen LogP contribution < -0.4 is 4.74 Å². The molecule has 3 aromatic carbocycles. The van der Waals surface area contributed by atoms with Crippen LogP contribution in [-0.2, 0) is 17.9 Å². The van der Waals surface area contributed by atoms with Gasteiger partial charge in [-0.1, -0.05) is 30.3 Å². The first-order valence-electron chi connectivity index (χ1n) is 9.95. The van der Waals surface area contributed by atoms with Crippen molar-refractivity contribution in [2.24, 2.45) is 0 Å². The van der Waals surface area contributed by atoms with E-state index < -0.39 is 5.91 Å². The molecule has 0 atom stereocenters. The van der Waals surface area contributed by atoms with Crippen LogP contribution in [0.1, 0.15) is 22.3 Å². The number of carbonyl (C=O) groups excluding carboxylic acids is 2. The molecule has 1 fully saturated rings. The van der Waals surface area contributed by atoms with E-state index in [0.29, 0.717) is 36.3 Å². The van der Waals surface area contributed by atoms with E-state index in [1.54, 1.807) is 42.5 Å². The highest BCUT2D eigenvalue weighted by Crippen LogP contribution is 2.38. The third-order valence-electron chi connectivity index (χ3n) is 4.96. The predicted molar refractivity (Wildman–Crippen MR) is 135 cm³/mol. The number of ether oxygens (including phenoxy) is 1. The molecule has 1 heterocycles. The maximum atomic E-state index is 13.1. The van der Waals surface area contributed by atoms with Crippen molar-refractivity contribution in [2.45, 2.75) is 13.2 Å². The number of hydrogen-bond acceptors (Lipinski definition) is 5. The van der Waals surface area contributed by atoms with Gasteiger partial charge in [-0.15, -0.1) is 0 Å². The van der Waals surface area contributed by atoms with Crippen molar-refractivity contribution in [2.75, 3.05) is 0 Å². The Labute approximate surface area is 216 Å². The second-order valence-corrected chi connectivity index (χ2v) is 9.97. The minimum Gasteiger partial charge on any atom is -0.486 e. The van der Waals surface area contributed by atoms with Crippen LogP contribution in [0.4, 0.5) is 9.18 Å². The smallest absolute Gasteiger partial charge is 0.293 e. The first-order valence-corrected chi connectivity index (χ1v) is 12.4. The van der Waals surface area contributed by atoms with Gasteiger partial charge in [-0.3, -0.25) is 14.5 Å². The molecule has 2 amide bonds. The Bertz CT molecular complexity index is 1330.